The standard InChI is InChI=1S/C32H20ClN5/c33-22-18-16-21(17-19-22)24-8-3-9-25(35-24)26-10-4-11-27(36-26)28-12-5-15-31(37-28)38-29-13-2-1-7-23(29)32-30(38)14-6-20-34-32/h1-20H. The molecule has 0 aliphatic heterocycles. The number of hydrogen-bond donors (Lipinski definition) is 0. The molecule has 6 heteroatoms. The molecule has 0 radical (unpaired) electrons. The predicted octanol–water partition coefficient (Wildman–Crippen LogP) is 8.02. The van der Waals surface area contributed by atoms with E-state index in [4.69, 9.17) is 26.6 Å². The molecule has 5 heterocycles. The van der Waals surface area contributed by atoms with Gasteiger partial charge in [0.25, 0.3) is 0 Å². The molecule has 38 heavy (non-hydrogen) atoms. The predicted molar refractivity (Wildman–Crippen MR) is 153 cm³/mol. The Balaban J connectivity index is 1.31. The fraction of sp³-hybridized carbons (Fsp3) is 0. The van der Waals surface area contributed by atoms with E-state index in [0.29, 0.717) is 5.02 Å². The lowest BCUT2D eigenvalue weighted by atomic mass is 10.1. The van der Waals surface area contributed by atoms with E-state index in [-0.39, 0.29) is 0 Å². The van der Waals surface area contributed by atoms with Crippen LogP contribution >= 0.6 is 11.6 Å². The average Bonchev–Trinajstić information content (AvgIpc) is 3.32. The van der Waals surface area contributed by atoms with Crippen LogP contribution in [0.25, 0.3) is 61.8 Å². The van der Waals surface area contributed by atoms with Crippen LogP contribution in [0.2, 0.25) is 5.02 Å². The number of para-hydroxylation sites is 1. The molecule has 0 aliphatic carbocycles. The Bertz CT molecular complexity index is 1890. The molecule has 7 rings (SSSR count). The molecule has 0 atom stereocenters. The van der Waals surface area contributed by atoms with Crippen LogP contribution in [0.4, 0.5) is 0 Å². The number of fused-ring (bicyclic) bond motifs is 3. The zero-order valence-electron chi connectivity index (χ0n) is 20.2. The second kappa shape index (κ2) is 9.21. The summed E-state index contributed by atoms with van der Waals surface area (Å²) in [6.07, 6.45) is 1.83. The number of nitrogens with zero attached hydrogens (tertiary/aromatic N) is 5. The van der Waals surface area contributed by atoms with Crippen molar-refractivity contribution in [2.45, 2.75) is 0 Å². The Hall–Kier alpha value is -4.87. The molecule has 180 valence electrons. The molecule has 0 spiro atoms. The van der Waals surface area contributed by atoms with Gasteiger partial charge in [-0.2, -0.15) is 0 Å². The van der Waals surface area contributed by atoms with Gasteiger partial charge in [-0.3, -0.25) is 9.55 Å². The highest BCUT2D eigenvalue weighted by Gasteiger charge is 2.14. The fourth-order valence-electron chi connectivity index (χ4n) is 4.80. The lowest BCUT2D eigenvalue weighted by Crippen LogP contribution is -1.99. The molecule has 0 fully saturated rings. The van der Waals surface area contributed by atoms with Gasteiger partial charge in [0.05, 0.1) is 45.0 Å². The molecule has 2 aromatic carbocycles. The number of rotatable bonds is 4. The molecule has 0 N–H and O–H groups in total. The molecule has 0 aliphatic rings. The summed E-state index contributed by atoms with van der Waals surface area (Å²) in [5.41, 5.74) is 8.06. The third kappa shape index (κ3) is 3.90. The molecular weight excluding hydrogens is 490 g/mol. The topological polar surface area (TPSA) is 56.5 Å². The number of halogens is 1. The van der Waals surface area contributed by atoms with E-state index in [1.165, 1.54) is 0 Å². The van der Waals surface area contributed by atoms with Gasteiger partial charge < -0.3 is 0 Å². The van der Waals surface area contributed by atoms with E-state index in [1.807, 2.05) is 103 Å². The first kappa shape index (κ1) is 22.3. The van der Waals surface area contributed by atoms with Gasteiger partial charge in [0.15, 0.2) is 0 Å². The summed E-state index contributed by atoms with van der Waals surface area (Å²) in [6, 6.07) is 37.9. The lowest BCUT2D eigenvalue weighted by molar-refractivity contribution is 1.07. The monoisotopic (exact) mass is 509 g/mol. The van der Waals surface area contributed by atoms with Gasteiger partial charge in [0, 0.05) is 22.2 Å². The lowest BCUT2D eigenvalue weighted by Gasteiger charge is -2.10. The van der Waals surface area contributed by atoms with Crippen LogP contribution in [-0.2, 0) is 0 Å². The number of pyridine rings is 4. The Morgan fingerprint density at radius 1 is 0.500 bits per heavy atom. The molecule has 0 unspecified atom stereocenters. The van der Waals surface area contributed by atoms with Crippen LogP contribution in [0.3, 0.4) is 0 Å². The largest absolute Gasteiger partial charge is 0.292 e. The highest BCUT2D eigenvalue weighted by molar-refractivity contribution is 6.30. The van der Waals surface area contributed by atoms with Gasteiger partial charge in [-0.1, -0.05) is 60.1 Å². The van der Waals surface area contributed by atoms with Crippen molar-refractivity contribution < 1.29 is 0 Å². The minimum Gasteiger partial charge on any atom is -0.292 e. The SMILES string of the molecule is Clc1ccc(-c2cccc(-c3cccc(-c4cccc(-n5c6ccccc6c6ncccc65)n4)n3)n2)cc1. The summed E-state index contributed by atoms with van der Waals surface area (Å²) in [5, 5.41) is 1.80. The smallest absolute Gasteiger partial charge is 0.138 e. The van der Waals surface area contributed by atoms with Crippen LogP contribution in [0.15, 0.2) is 121 Å². The maximum Gasteiger partial charge on any atom is 0.138 e. The molecule has 0 saturated heterocycles. The van der Waals surface area contributed by atoms with Crippen LogP contribution in [0, 0.1) is 0 Å². The van der Waals surface area contributed by atoms with Crippen LogP contribution in [0.5, 0.6) is 0 Å². The van der Waals surface area contributed by atoms with Gasteiger partial charge in [-0.15, -0.1) is 0 Å². The van der Waals surface area contributed by atoms with Crippen LogP contribution in [-0.4, -0.2) is 24.5 Å². The second-order valence-corrected chi connectivity index (χ2v) is 9.36. The minimum atomic E-state index is 0.700. The van der Waals surface area contributed by atoms with Crippen LogP contribution in [0.1, 0.15) is 0 Å². The van der Waals surface area contributed by atoms with Crippen molar-refractivity contribution in [1.82, 2.24) is 24.5 Å². The number of hydrogen-bond acceptors (Lipinski definition) is 4. The van der Waals surface area contributed by atoms with E-state index >= 15 is 0 Å². The Morgan fingerprint density at radius 2 is 1.11 bits per heavy atom. The summed E-state index contributed by atoms with van der Waals surface area (Å²) in [4.78, 5) is 19.5. The van der Waals surface area contributed by atoms with E-state index in [2.05, 4.69) is 27.8 Å². The molecule has 5 aromatic heterocycles. The van der Waals surface area contributed by atoms with Gasteiger partial charge >= 0.3 is 0 Å². The van der Waals surface area contributed by atoms with E-state index < -0.39 is 0 Å². The normalized spacial score (nSPS) is 11.3. The van der Waals surface area contributed by atoms with E-state index in [9.17, 15) is 0 Å². The summed E-state index contributed by atoms with van der Waals surface area (Å²) in [7, 11) is 0. The Labute approximate surface area is 224 Å². The molecule has 7 aromatic rings. The molecule has 0 bridgehead atoms. The first-order valence-corrected chi connectivity index (χ1v) is 12.6. The summed E-state index contributed by atoms with van der Waals surface area (Å²) in [6.45, 7) is 0. The van der Waals surface area contributed by atoms with Crippen molar-refractivity contribution >= 4 is 33.5 Å². The number of aromatic nitrogens is 5. The molecule has 0 amide bonds. The third-order valence-corrected chi connectivity index (χ3v) is 6.81. The van der Waals surface area contributed by atoms with Gasteiger partial charge in [-0.05, 0) is 66.7 Å². The summed E-state index contributed by atoms with van der Waals surface area (Å²) >= 11 is 6.06. The maximum atomic E-state index is 6.06. The van der Waals surface area contributed by atoms with Crippen molar-refractivity contribution in [3.8, 4) is 39.9 Å². The molecule has 0 saturated carbocycles. The van der Waals surface area contributed by atoms with Gasteiger partial charge in [0.1, 0.15) is 5.82 Å². The van der Waals surface area contributed by atoms with Crippen molar-refractivity contribution in [1.29, 1.82) is 0 Å². The summed E-state index contributed by atoms with van der Waals surface area (Å²) < 4.78 is 2.15. The summed E-state index contributed by atoms with van der Waals surface area (Å²) in [5.74, 6) is 0.816. The average molecular weight is 510 g/mol. The highest BCUT2D eigenvalue weighted by Crippen LogP contribution is 2.31. The first-order chi connectivity index (χ1) is 18.7. The zero-order chi connectivity index (χ0) is 25.5. The fourth-order valence-corrected chi connectivity index (χ4v) is 4.93. The Kier molecular flexibility index (Phi) is 5.42. The molecular formula is C32H20ClN5. The van der Waals surface area contributed by atoms with E-state index in [1.54, 1.807) is 0 Å². The van der Waals surface area contributed by atoms with Crippen molar-refractivity contribution in [2.75, 3.05) is 0 Å². The second-order valence-electron chi connectivity index (χ2n) is 8.93. The molecule has 5 nitrogen and oxygen atoms in total. The zero-order valence-corrected chi connectivity index (χ0v) is 20.9. The Morgan fingerprint density at radius 3 is 1.87 bits per heavy atom. The number of benzene rings is 2. The first-order valence-electron chi connectivity index (χ1n) is 12.3. The maximum absolute atomic E-state index is 6.06. The van der Waals surface area contributed by atoms with Crippen LogP contribution < -0.4 is 0 Å². The van der Waals surface area contributed by atoms with E-state index in [0.717, 1.165) is 61.8 Å². The van der Waals surface area contributed by atoms with Crippen molar-refractivity contribution in [2.24, 2.45) is 0 Å². The van der Waals surface area contributed by atoms with Gasteiger partial charge in [-0.25, -0.2) is 15.0 Å². The van der Waals surface area contributed by atoms with Crippen molar-refractivity contribution in [3.63, 3.8) is 0 Å². The highest BCUT2D eigenvalue weighted by atomic mass is 35.5. The van der Waals surface area contributed by atoms with Gasteiger partial charge in [0.2, 0.25) is 0 Å². The van der Waals surface area contributed by atoms with Crippen molar-refractivity contribution in [3.05, 3.63) is 126 Å². The third-order valence-electron chi connectivity index (χ3n) is 6.55. The minimum absolute atomic E-state index is 0.700. The quantitative estimate of drug-likeness (QED) is 0.241.